The fraction of sp³-hybridized carbons (Fsp3) is 0.318. The fourth-order valence-corrected chi connectivity index (χ4v) is 2.89. The number of carbonyl (C=O) groups is 1. The van der Waals surface area contributed by atoms with Gasteiger partial charge in [-0.15, -0.1) is 0 Å². The molecular weight excluding hydrogens is 378 g/mol. The van der Waals surface area contributed by atoms with Crippen molar-refractivity contribution in [1.82, 2.24) is 5.32 Å². The van der Waals surface area contributed by atoms with Crippen molar-refractivity contribution in [2.75, 3.05) is 20.3 Å². The van der Waals surface area contributed by atoms with Crippen molar-refractivity contribution >= 4 is 23.6 Å². The average molecular weight is 404 g/mol. The van der Waals surface area contributed by atoms with Crippen molar-refractivity contribution < 1.29 is 19.0 Å². The Balaban J connectivity index is 2.02. The van der Waals surface area contributed by atoms with E-state index in [9.17, 15) is 4.79 Å². The minimum Gasteiger partial charge on any atom is -0.493 e. The smallest absolute Gasteiger partial charge is 0.244 e. The van der Waals surface area contributed by atoms with Gasteiger partial charge in [0, 0.05) is 19.2 Å². The molecule has 0 saturated carbocycles. The van der Waals surface area contributed by atoms with Crippen LogP contribution in [0.3, 0.4) is 0 Å². The second-order valence-electron chi connectivity index (χ2n) is 5.92. The Bertz CT molecular complexity index is 820. The maximum Gasteiger partial charge on any atom is 0.244 e. The molecule has 1 amide bonds. The molecular formula is C22H26ClNO4. The van der Waals surface area contributed by atoms with Gasteiger partial charge in [0.25, 0.3) is 0 Å². The van der Waals surface area contributed by atoms with Gasteiger partial charge in [-0.3, -0.25) is 4.79 Å². The third kappa shape index (κ3) is 6.29. The van der Waals surface area contributed by atoms with Crippen molar-refractivity contribution in [1.29, 1.82) is 0 Å². The number of nitrogens with one attached hydrogen (secondary N) is 1. The van der Waals surface area contributed by atoms with Crippen molar-refractivity contribution in [2.45, 2.75) is 27.0 Å². The van der Waals surface area contributed by atoms with E-state index in [4.69, 9.17) is 25.8 Å². The van der Waals surface area contributed by atoms with Gasteiger partial charge in [0.05, 0.1) is 25.3 Å². The largest absolute Gasteiger partial charge is 0.493 e. The molecule has 0 heterocycles. The Morgan fingerprint density at radius 3 is 2.57 bits per heavy atom. The second-order valence-corrected chi connectivity index (χ2v) is 6.33. The van der Waals surface area contributed by atoms with Gasteiger partial charge in [0.15, 0.2) is 11.5 Å². The summed E-state index contributed by atoms with van der Waals surface area (Å²) in [4.78, 5) is 12.2. The Morgan fingerprint density at radius 1 is 1.14 bits per heavy atom. The summed E-state index contributed by atoms with van der Waals surface area (Å²) in [6.07, 6.45) is 3.15. The summed E-state index contributed by atoms with van der Waals surface area (Å²) in [5.41, 5.74) is 2.84. The van der Waals surface area contributed by atoms with E-state index >= 15 is 0 Å². The molecule has 5 nitrogen and oxygen atoms in total. The van der Waals surface area contributed by atoms with E-state index in [1.807, 2.05) is 38.1 Å². The van der Waals surface area contributed by atoms with Gasteiger partial charge in [-0.05, 0) is 48.7 Å². The van der Waals surface area contributed by atoms with Crippen molar-refractivity contribution in [3.8, 4) is 11.5 Å². The molecule has 0 aromatic heterocycles. The lowest BCUT2D eigenvalue weighted by atomic mass is 10.1. The van der Waals surface area contributed by atoms with Crippen LogP contribution >= 0.6 is 11.6 Å². The van der Waals surface area contributed by atoms with Crippen LogP contribution in [-0.2, 0) is 22.7 Å². The number of rotatable bonds is 10. The number of methoxy groups -OCH3 is 1. The highest BCUT2D eigenvalue weighted by Gasteiger charge is 2.11. The first-order valence-corrected chi connectivity index (χ1v) is 9.57. The van der Waals surface area contributed by atoms with Gasteiger partial charge in [-0.2, -0.15) is 0 Å². The number of ether oxygens (including phenoxy) is 3. The highest BCUT2D eigenvalue weighted by atomic mass is 35.5. The topological polar surface area (TPSA) is 56.8 Å². The molecule has 0 unspecified atom stereocenters. The minimum atomic E-state index is -0.199. The molecule has 0 spiro atoms. The van der Waals surface area contributed by atoms with Crippen LogP contribution in [0.15, 0.2) is 42.5 Å². The number of amides is 1. The van der Waals surface area contributed by atoms with Crippen LogP contribution in [0.5, 0.6) is 11.5 Å². The highest BCUT2D eigenvalue weighted by molar-refractivity contribution is 6.32. The molecule has 0 aliphatic heterocycles. The number of halogens is 1. The molecule has 2 aromatic carbocycles. The molecule has 0 fully saturated rings. The predicted molar refractivity (Wildman–Crippen MR) is 112 cm³/mol. The summed E-state index contributed by atoms with van der Waals surface area (Å²) in [5, 5.41) is 3.33. The number of benzene rings is 2. The molecule has 0 aliphatic rings. The highest BCUT2D eigenvalue weighted by Crippen LogP contribution is 2.36. The Kier molecular flexibility index (Phi) is 8.85. The van der Waals surface area contributed by atoms with Crippen LogP contribution < -0.4 is 14.8 Å². The van der Waals surface area contributed by atoms with Gasteiger partial charge < -0.3 is 19.5 Å². The number of hydrogen-bond donors (Lipinski definition) is 1. The molecule has 0 saturated heterocycles. The van der Waals surface area contributed by atoms with E-state index in [-0.39, 0.29) is 5.91 Å². The maximum atomic E-state index is 12.2. The van der Waals surface area contributed by atoms with E-state index < -0.39 is 0 Å². The molecule has 0 bridgehead atoms. The summed E-state index contributed by atoms with van der Waals surface area (Å²) in [7, 11) is 1.55. The second kappa shape index (κ2) is 11.4. The van der Waals surface area contributed by atoms with E-state index in [1.54, 1.807) is 25.3 Å². The monoisotopic (exact) mass is 403 g/mol. The molecule has 2 rings (SSSR count). The van der Waals surface area contributed by atoms with Gasteiger partial charge in [0.2, 0.25) is 5.91 Å². The third-order valence-corrected chi connectivity index (χ3v) is 4.28. The zero-order valence-electron chi connectivity index (χ0n) is 16.5. The summed E-state index contributed by atoms with van der Waals surface area (Å²) < 4.78 is 16.3. The Hall–Kier alpha value is -2.50. The zero-order valence-corrected chi connectivity index (χ0v) is 17.2. The van der Waals surface area contributed by atoms with Crippen molar-refractivity contribution in [3.63, 3.8) is 0 Å². The minimum absolute atomic E-state index is 0.199. The lowest BCUT2D eigenvalue weighted by Gasteiger charge is -2.12. The maximum absolute atomic E-state index is 12.2. The van der Waals surface area contributed by atoms with E-state index in [2.05, 4.69) is 5.32 Å². The first kappa shape index (κ1) is 21.8. The van der Waals surface area contributed by atoms with Crippen LogP contribution in [0, 0.1) is 0 Å². The average Bonchev–Trinajstić information content (AvgIpc) is 2.71. The predicted octanol–water partition coefficient (Wildman–Crippen LogP) is 4.61. The van der Waals surface area contributed by atoms with Crippen molar-refractivity contribution in [3.05, 3.63) is 64.2 Å². The lowest BCUT2D eigenvalue weighted by molar-refractivity contribution is -0.116. The molecule has 0 aliphatic carbocycles. The molecule has 6 heteroatoms. The van der Waals surface area contributed by atoms with E-state index in [0.717, 1.165) is 16.7 Å². The van der Waals surface area contributed by atoms with Gasteiger partial charge in [0.1, 0.15) is 0 Å². The van der Waals surface area contributed by atoms with Crippen LogP contribution in [-0.4, -0.2) is 26.2 Å². The quantitative estimate of drug-likeness (QED) is 0.588. The summed E-state index contributed by atoms with van der Waals surface area (Å²) in [6, 6.07) is 11.4. The normalized spacial score (nSPS) is 10.9. The zero-order chi connectivity index (χ0) is 20.4. The van der Waals surface area contributed by atoms with Crippen LogP contribution in [0.1, 0.15) is 30.5 Å². The van der Waals surface area contributed by atoms with Gasteiger partial charge >= 0.3 is 0 Å². The Morgan fingerprint density at radius 2 is 1.89 bits per heavy atom. The number of hydrogen-bond acceptors (Lipinski definition) is 4. The van der Waals surface area contributed by atoms with Gasteiger partial charge in [-0.25, -0.2) is 0 Å². The standard InChI is InChI=1S/C22H26ClNO4/c1-4-27-15-18-9-7-6-8-17(18)14-24-21(25)11-10-16-12-19(23)22(28-5-2)20(13-16)26-3/h6-13H,4-5,14-15H2,1-3H3,(H,24,25)/b11-10+. The number of carbonyl (C=O) groups excluding carboxylic acids is 1. The first-order chi connectivity index (χ1) is 13.6. The first-order valence-electron chi connectivity index (χ1n) is 9.19. The fourth-order valence-electron chi connectivity index (χ4n) is 2.62. The molecule has 150 valence electrons. The van der Waals surface area contributed by atoms with Crippen LogP contribution in [0.4, 0.5) is 0 Å². The SMILES string of the molecule is CCOCc1ccccc1CNC(=O)/C=C/c1cc(Cl)c(OCC)c(OC)c1. The van der Waals surface area contributed by atoms with Crippen LogP contribution in [0.25, 0.3) is 6.08 Å². The molecule has 28 heavy (non-hydrogen) atoms. The van der Waals surface area contributed by atoms with E-state index in [0.29, 0.717) is 42.9 Å². The Labute approximate surface area is 171 Å². The van der Waals surface area contributed by atoms with Crippen molar-refractivity contribution in [2.24, 2.45) is 0 Å². The summed E-state index contributed by atoms with van der Waals surface area (Å²) >= 11 is 6.26. The molecule has 0 atom stereocenters. The van der Waals surface area contributed by atoms with E-state index in [1.165, 1.54) is 6.08 Å². The summed E-state index contributed by atoms with van der Waals surface area (Å²) in [6.45, 7) is 5.93. The molecule has 2 aromatic rings. The lowest BCUT2D eigenvalue weighted by Crippen LogP contribution is -2.21. The third-order valence-electron chi connectivity index (χ3n) is 4.00. The summed E-state index contributed by atoms with van der Waals surface area (Å²) in [5.74, 6) is 0.827. The van der Waals surface area contributed by atoms with Crippen LogP contribution in [0.2, 0.25) is 5.02 Å². The molecule has 0 radical (unpaired) electrons. The van der Waals surface area contributed by atoms with Gasteiger partial charge in [-0.1, -0.05) is 35.9 Å². The molecule has 1 N–H and O–H groups in total.